The van der Waals surface area contributed by atoms with Gasteiger partial charge >= 0.3 is 6.61 Å². The predicted molar refractivity (Wildman–Crippen MR) is 118 cm³/mol. The fourth-order valence-corrected chi connectivity index (χ4v) is 4.11. The van der Waals surface area contributed by atoms with Gasteiger partial charge in [-0.25, -0.2) is 0 Å². The van der Waals surface area contributed by atoms with Gasteiger partial charge in [-0.05, 0) is 42.9 Å². The number of amides is 1. The summed E-state index contributed by atoms with van der Waals surface area (Å²) in [6.07, 6.45) is 2.99. The smallest absolute Gasteiger partial charge is 0.387 e. The third kappa shape index (κ3) is 6.09. The summed E-state index contributed by atoms with van der Waals surface area (Å²) in [5.74, 6) is 0.540. The second-order valence-electron chi connectivity index (χ2n) is 8.49. The van der Waals surface area contributed by atoms with Crippen molar-refractivity contribution in [3.63, 3.8) is 0 Å². The summed E-state index contributed by atoms with van der Waals surface area (Å²) in [5.41, 5.74) is 7.54. The van der Waals surface area contributed by atoms with Crippen LogP contribution in [0.2, 0.25) is 0 Å². The first-order valence-corrected chi connectivity index (χ1v) is 11.0. The van der Waals surface area contributed by atoms with Crippen molar-refractivity contribution in [3.8, 4) is 11.5 Å². The Kier molecular flexibility index (Phi) is 7.09. The second kappa shape index (κ2) is 10.2. The van der Waals surface area contributed by atoms with Crippen molar-refractivity contribution in [2.24, 2.45) is 11.7 Å². The Morgan fingerprint density at radius 2 is 1.88 bits per heavy atom. The molecule has 1 amide bonds. The molecule has 1 saturated carbocycles. The van der Waals surface area contributed by atoms with E-state index in [9.17, 15) is 13.6 Å². The lowest BCUT2D eigenvalue weighted by molar-refractivity contribution is -0.119. The van der Waals surface area contributed by atoms with Gasteiger partial charge in [-0.1, -0.05) is 30.3 Å². The number of carbonyl (C=O) groups is 1. The van der Waals surface area contributed by atoms with Crippen LogP contribution < -0.4 is 20.1 Å². The summed E-state index contributed by atoms with van der Waals surface area (Å²) < 4.78 is 36.2. The second-order valence-corrected chi connectivity index (χ2v) is 8.49. The van der Waals surface area contributed by atoms with Gasteiger partial charge in [0, 0.05) is 37.4 Å². The Morgan fingerprint density at radius 1 is 1.09 bits per heavy atom. The molecule has 6 nitrogen and oxygen atoms in total. The number of hydrogen-bond acceptors (Lipinski definition) is 5. The van der Waals surface area contributed by atoms with E-state index in [0.29, 0.717) is 37.9 Å². The predicted octanol–water partition coefficient (Wildman–Crippen LogP) is 3.30. The molecule has 2 fully saturated rings. The molecule has 1 heterocycles. The molecule has 8 heteroatoms. The maximum atomic E-state index is 12.8. The highest BCUT2D eigenvalue weighted by atomic mass is 19.3. The quantitative estimate of drug-likeness (QED) is 0.608. The molecule has 0 radical (unpaired) electrons. The number of ether oxygens (including phenoxy) is 2. The van der Waals surface area contributed by atoms with E-state index in [2.05, 4.69) is 26.7 Å². The van der Waals surface area contributed by atoms with Crippen molar-refractivity contribution >= 4 is 11.6 Å². The van der Waals surface area contributed by atoms with E-state index in [0.717, 1.165) is 24.9 Å². The van der Waals surface area contributed by atoms with Gasteiger partial charge in [0.05, 0.1) is 13.2 Å². The van der Waals surface area contributed by atoms with Crippen molar-refractivity contribution in [2.75, 3.05) is 37.7 Å². The zero-order valence-corrected chi connectivity index (χ0v) is 18.0. The van der Waals surface area contributed by atoms with Gasteiger partial charge < -0.3 is 20.1 Å². The van der Waals surface area contributed by atoms with Crippen LogP contribution in [0.5, 0.6) is 11.5 Å². The minimum atomic E-state index is -2.91. The molecule has 1 unspecified atom stereocenters. The lowest BCUT2D eigenvalue weighted by Crippen LogP contribution is -2.56. The molecule has 32 heavy (non-hydrogen) atoms. The fourth-order valence-electron chi connectivity index (χ4n) is 4.11. The van der Waals surface area contributed by atoms with Crippen LogP contribution in [0.1, 0.15) is 18.4 Å². The van der Waals surface area contributed by atoms with Gasteiger partial charge in [-0.2, -0.15) is 8.78 Å². The highest BCUT2D eigenvalue weighted by Gasteiger charge is 2.29. The number of hydrogen-bond donors (Lipinski definition) is 1. The van der Waals surface area contributed by atoms with E-state index in [-0.39, 0.29) is 24.2 Å². The molecule has 1 saturated heterocycles. The molecule has 4 rings (SSSR count). The molecule has 0 bridgehead atoms. The number of anilines is 1. The highest BCUT2D eigenvalue weighted by molar-refractivity contribution is 5.76. The molecule has 2 N–H and O–H groups in total. The fraction of sp³-hybridized carbons (Fsp3) is 0.458. The summed E-state index contributed by atoms with van der Waals surface area (Å²) in [6, 6.07) is 15.3. The van der Waals surface area contributed by atoms with Gasteiger partial charge in [0.15, 0.2) is 11.5 Å². The van der Waals surface area contributed by atoms with Gasteiger partial charge in [0.1, 0.15) is 0 Å². The number of carbonyl (C=O) groups excluding carboxylic acids is 1. The Balaban J connectivity index is 1.52. The van der Waals surface area contributed by atoms with Crippen molar-refractivity contribution in [1.29, 1.82) is 0 Å². The summed E-state index contributed by atoms with van der Waals surface area (Å²) in [6.45, 7) is -0.145. The Morgan fingerprint density at radius 3 is 2.56 bits per heavy atom. The van der Waals surface area contributed by atoms with Crippen LogP contribution in [0.3, 0.4) is 0 Å². The Hall–Kier alpha value is -2.87. The Labute approximate surface area is 186 Å². The first kappa shape index (κ1) is 22.3. The van der Waals surface area contributed by atoms with E-state index in [1.54, 1.807) is 18.2 Å². The van der Waals surface area contributed by atoms with Crippen LogP contribution in [0, 0.1) is 5.92 Å². The third-order valence-electron chi connectivity index (χ3n) is 5.96. The molecule has 2 aliphatic rings. The van der Waals surface area contributed by atoms with Crippen molar-refractivity contribution in [2.45, 2.75) is 31.9 Å². The van der Waals surface area contributed by atoms with Gasteiger partial charge in [-0.3, -0.25) is 9.69 Å². The number of primary amides is 1. The first-order valence-electron chi connectivity index (χ1n) is 11.0. The maximum Gasteiger partial charge on any atom is 0.387 e. The van der Waals surface area contributed by atoms with E-state index >= 15 is 0 Å². The van der Waals surface area contributed by atoms with Crippen LogP contribution in [0.15, 0.2) is 48.5 Å². The molecule has 1 aliphatic heterocycles. The molecular weight excluding hydrogens is 416 g/mol. The summed E-state index contributed by atoms with van der Waals surface area (Å²) >= 11 is 0. The highest BCUT2D eigenvalue weighted by Crippen LogP contribution is 2.36. The first-order chi connectivity index (χ1) is 15.5. The summed E-state index contributed by atoms with van der Waals surface area (Å²) in [7, 11) is 0. The third-order valence-corrected chi connectivity index (χ3v) is 5.96. The standard InChI is InChI=1S/C24H29F2N3O3/c25-24(26)32-21-9-8-19(13-22(21)31-16-18-6-7-18)28-10-11-29(15-23(27)30)20(14-28)12-17-4-2-1-3-5-17/h1-5,8-9,13,18,20,24H,6-7,10-12,14-16H2,(H2,27,30). The number of rotatable bonds is 10. The van der Waals surface area contributed by atoms with E-state index < -0.39 is 6.61 Å². The zero-order chi connectivity index (χ0) is 22.5. The van der Waals surface area contributed by atoms with Gasteiger partial charge in [-0.15, -0.1) is 0 Å². The van der Waals surface area contributed by atoms with E-state index in [1.807, 2.05) is 18.2 Å². The molecule has 1 atom stereocenters. The summed E-state index contributed by atoms with van der Waals surface area (Å²) in [5, 5.41) is 0. The minimum absolute atomic E-state index is 0.0533. The van der Waals surface area contributed by atoms with E-state index in [4.69, 9.17) is 10.5 Å². The van der Waals surface area contributed by atoms with Crippen LogP contribution in [-0.4, -0.2) is 56.2 Å². The number of halogens is 2. The Bertz CT molecular complexity index is 909. The average Bonchev–Trinajstić information content (AvgIpc) is 3.59. The maximum absolute atomic E-state index is 12.8. The molecule has 0 spiro atoms. The average molecular weight is 446 g/mol. The van der Waals surface area contributed by atoms with Crippen molar-refractivity contribution in [1.82, 2.24) is 4.90 Å². The number of nitrogens with zero attached hydrogens (tertiary/aromatic N) is 2. The van der Waals surface area contributed by atoms with Crippen LogP contribution in [0.25, 0.3) is 0 Å². The molecule has 2 aromatic rings. The summed E-state index contributed by atoms with van der Waals surface area (Å²) in [4.78, 5) is 15.9. The molecular formula is C24H29F2N3O3. The number of alkyl halides is 2. The largest absolute Gasteiger partial charge is 0.489 e. The minimum Gasteiger partial charge on any atom is -0.489 e. The SMILES string of the molecule is NC(=O)CN1CCN(c2ccc(OC(F)F)c(OCC3CC3)c2)CC1Cc1ccccc1. The molecule has 172 valence electrons. The molecule has 1 aliphatic carbocycles. The number of piperazine rings is 1. The van der Waals surface area contributed by atoms with Crippen molar-refractivity contribution in [3.05, 3.63) is 54.1 Å². The normalized spacial score (nSPS) is 19.2. The lowest BCUT2D eigenvalue weighted by Gasteiger charge is -2.42. The van der Waals surface area contributed by atoms with Crippen LogP contribution in [0.4, 0.5) is 14.5 Å². The lowest BCUT2D eigenvalue weighted by atomic mass is 10.0. The van der Waals surface area contributed by atoms with Crippen molar-refractivity contribution < 1.29 is 23.0 Å². The number of benzene rings is 2. The molecule has 0 aromatic heterocycles. The van der Waals surface area contributed by atoms with Crippen LogP contribution >= 0.6 is 0 Å². The van der Waals surface area contributed by atoms with Crippen LogP contribution in [-0.2, 0) is 11.2 Å². The monoisotopic (exact) mass is 445 g/mol. The van der Waals surface area contributed by atoms with E-state index in [1.165, 1.54) is 5.56 Å². The molecule has 2 aromatic carbocycles. The van der Waals surface area contributed by atoms with Gasteiger partial charge in [0.25, 0.3) is 0 Å². The zero-order valence-electron chi connectivity index (χ0n) is 18.0. The topological polar surface area (TPSA) is 68.0 Å². The number of nitrogens with two attached hydrogens (primary N) is 1. The van der Waals surface area contributed by atoms with Gasteiger partial charge in [0.2, 0.25) is 5.91 Å².